The zero-order valence-electron chi connectivity index (χ0n) is 17.4. The topological polar surface area (TPSA) is 108 Å². The Morgan fingerprint density at radius 3 is 2.87 bits per heavy atom. The number of nitrogens with one attached hydrogen (secondary N) is 1. The Kier molecular flexibility index (Phi) is 5.77. The number of amides is 1. The molecule has 0 spiro atoms. The highest BCUT2D eigenvalue weighted by Crippen LogP contribution is 2.40. The monoisotopic (exact) mass is 442 g/mol. The van der Waals surface area contributed by atoms with Gasteiger partial charge >= 0.3 is 11.9 Å². The molecule has 2 atom stereocenters. The lowest BCUT2D eigenvalue weighted by Crippen LogP contribution is -2.30. The molecule has 1 aliphatic carbocycles. The normalized spacial score (nSPS) is 16.4. The van der Waals surface area contributed by atoms with Gasteiger partial charge in [-0.3, -0.25) is 4.79 Å². The van der Waals surface area contributed by atoms with Gasteiger partial charge in [-0.1, -0.05) is 6.92 Å². The van der Waals surface area contributed by atoms with Crippen molar-refractivity contribution in [1.29, 1.82) is 0 Å². The van der Waals surface area contributed by atoms with E-state index in [1.54, 1.807) is 12.1 Å². The van der Waals surface area contributed by atoms with Crippen molar-refractivity contribution < 1.29 is 28.3 Å². The number of hydrogen-bond acceptors (Lipinski definition) is 8. The average Bonchev–Trinajstić information content (AvgIpc) is 3.36. The number of ether oxygens (including phenoxy) is 2. The molecule has 9 heteroatoms. The molecule has 3 aromatic rings. The van der Waals surface area contributed by atoms with Gasteiger partial charge in [0.05, 0.1) is 18.2 Å². The van der Waals surface area contributed by atoms with Crippen molar-refractivity contribution in [2.45, 2.75) is 39.2 Å². The van der Waals surface area contributed by atoms with Gasteiger partial charge in [0.1, 0.15) is 10.5 Å². The van der Waals surface area contributed by atoms with Crippen LogP contribution in [0.2, 0.25) is 0 Å². The number of aromatic nitrogens is 1. The molecule has 8 nitrogen and oxygen atoms in total. The fourth-order valence-electron chi connectivity index (χ4n) is 3.64. The van der Waals surface area contributed by atoms with Gasteiger partial charge in [0.25, 0.3) is 5.91 Å². The largest absolute Gasteiger partial charge is 0.465 e. The van der Waals surface area contributed by atoms with Gasteiger partial charge in [-0.15, -0.1) is 11.3 Å². The summed E-state index contributed by atoms with van der Waals surface area (Å²) in [6.45, 7) is 3.64. The molecule has 2 heterocycles. The number of benzene rings is 1. The number of hydrogen-bond donors (Lipinski definition) is 1. The van der Waals surface area contributed by atoms with E-state index in [1.165, 1.54) is 37.8 Å². The Hall–Kier alpha value is -3.20. The van der Waals surface area contributed by atoms with Crippen LogP contribution in [0.5, 0.6) is 0 Å². The molecule has 162 valence electrons. The number of rotatable bonds is 5. The highest BCUT2D eigenvalue weighted by Gasteiger charge is 2.30. The van der Waals surface area contributed by atoms with Crippen LogP contribution in [0.1, 0.15) is 51.4 Å². The molecule has 1 N–H and O–H groups in total. The van der Waals surface area contributed by atoms with E-state index in [0.29, 0.717) is 27.6 Å². The standard InChI is InChI=1S/C22H22N2O6S/c1-11-4-6-14-17(8-11)31-20(18(14)22(27)28-3)24-19(25)12(2)30-21(26)13-5-7-16-15(9-13)23-10-29-16/h5,7,9-12H,4,6,8H2,1-3H3,(H,24,25). The van der Waals surface area contributed by atoms with Crippen LogP contribution in [-0.4, -0.2) is 36.0 Å². The molecule has 1 amide bonds. The highest BCUT2D eigenvalue weighted by atomic mass is 32.1. The average molecular weight is 442 g/mol. The van der Waals surface area contributed by atoms with Gasteiger partial charge < -0.3 is 19.2 Å². The SMILES string of the molecule is COC(=O)c1c(NC(=O)C(C)OC(=O)c2ccc3ocnc3c2)sc2c1CCC(C)C2. The zero-order chi connectivity index (χ0) is 22.1. The summed E-state index contributed by atoms with van der Waals surface area (Å²) in [4.78, 5) is 42.7. The summed E-state index contributed by atoms with van der Waals surface area (Å²) in [5, 5.41) is 3.19. The fourth-order valence-corrected chi connectivity index (χ4v) is 5.04. The van der Waals surface area contributed by atoms with E-state index in [9.17, 15) is 14.4 Å². The number of anilines is 1. The lowest BCUT2D eigenvalue weighted by molar-refractivity contribution is -0.123. The Morgan fingerprint density at radius 1 is 1.29 bits per heavy atom. The highest BCUT2D eigenvalue weighted by molar-refractivity contribution is 7.17. The summed E-state index contributed by atoms with van der Waals surface area (Å²) in [5.74, 6) is -1.14. The number of thiophene rings is 1. The van der Waals surface area contributed by atoms with Crippen LogP contribution in [0.3, 0.4) is 0 Å². The minimum Gasteiger partial charge on any atom is -0.465 e. The Balaban J connectivity index is 1.49. The second-order valence-corrected chi connectivity index (χ2v) is 8.72. The molecular weight excluding hydrogens is 420 g/mol. The minimum atomic E-state index is -1.07. The van der Waals surface area contributed by atoms with E-state index in [2.05, 4.69) is 17.2 Å². The lowest BCUT2D eigenvalue weighted by atomic mass is 9.88. The van der Waals surface area contributed by atoms with Crippen molar-refractivity contribution >= 4 is 45.3 Å². The van der Waals surface area contributed by atoms with E-state index in [-0.39, 0.29) is 5.56 Å². The van der Waals surface area contributed by atoms with Crippen LogP contribution < -0.4 is 5.32 Å². The minimum absolute atomic E-state index is 0.261. The third-order valence-corrected chi connectivity index (χ3v) is 6.53. The van der Waals surface area contributed by atoms with Gasteiger partial charge in [-0.25, -0.2) is 14.6 Å². The molecule has 2 aromatic heterocycles. The predicted molar refractivity (Wildman–Crippen MR) is 114 cm³/mol. The van der Waals surface area contributed by atoms with Crippen LogP contribution in [0, 0.1) is 5.92 Å². The maximum Gasteiger partial charge on any atom is 0.341 e. The number of oxazole rings is 1. The smallest absolute Gasteiger partial charge is 0.341 e. The molecule has 0 saturated heterocycles. The van der Waals surface area contributed by atoms with Crippen LogP contribution >= 0.6 is 11.3 Å². The first-order valence-electron chi connectivity index (χ1n) is 9.95. The maximum atomic E-state index is 12.7. The molecule has 1 aliphatic rings. The van der Waals surface area contributed by atoms with Crippen LogP contribution in [-0.2, 0) is 27.1 Å². The molecule has 0 radical (unpaired) electrons. The summed E-state index contributed by atoms with van der Waals surface area (Å²) >= 11 is 1.38. The van der Waals surface area contributed by atoms with Crippen LogP contribution in [0.4, 0.5) is 5.00 Å². The third kappa shape index (κ3) is 4.18. The third-order valence-electron chi connectivity index (χ3n) is 5.36. The summed E-state index contributed by atoms with van der Waals surface area (Å²) in [7, 11) is 1.32. The molecule has 0 fully saturated rings. The molecular formula is C22H22N2O6S. The zero-order valence-corrected chi connectivity index (χ0v) is 18.2. The van der Waals surface area contributed by atoms with E-state index in [1.807, 2.05) is 0 Å². The molecule has 31 heavy (non-hydrogen) atoms. The van der Waals surface area contributed by atoms with Crippen LogP contribution in [0.25, 0.3) is 11.1 Å². The van der Waals surface area contributed by atoms with Gasteiger partial charge in [0.2, 0.25) is 0 Å². The summed E-state index contributed by atoms with van der Waals surface area (Å²) < 4.78 is 15.4. The van der Waals surface area contributed by atoms with Gasteiger partial charge in [-0.05, 0) is 55.9 Å². The Morgan fingerprint density at radius 2 is 2.10 bits per heavy atom. The molecule has 0 saturated carbocycles. The summed E-state index contributed by atoms with van der Waals surface area (Å²) in [5.41, 5.74) is 2.67. The van der Waals surface area contributed by atoms with Crippen molar-refractivity contribution in [3.8, 4) is 0 Å². The lowest BCUT2D eigenvalue weighted by Gasteiger charge is -2.18. The van der Waals surface area contributed by atoms with Gasteiger partial charge in [0.15, 0.2) is 18.1 Å². The van der Waals surface area contributed by atoms with Gasteiger partial charge in [-0.2, -0.15) is 0 Å². The van der Waals surface area contributed by atoms with E-state index >= 15 is 0 Å². The first kappa shape index (κ1) is 21.0. The summed E-state index contributed by atoms with van der Waals surface area (Å²) in [6, 6.07) is 4.70. The number of fused-ring (bicyclic) bond motifs is 2. The van der Waals surface area contributed by atoms with Crippen LogP contribution in [0.15, 0.2) is 29.0 Å². The second-order valence-electron chi connectivity index (χ2n) is 7.62. The summed E-state index contributed by atoms with van der Waals surface area (Å²) in [6.07, 6.45) is 2.82. The molecule has 0 aliphatic heterocycles. The van der Waals surface area contributed by atoms with E-state index in [0.717, 1.165) is 29.7 Å². The molecule has 2 unspecified atom stereocenters. The number of carbonyl (C=O) groups excluding carboxylic acids is 3. The first-order valence-corrected chi connectivity index (χ1v) is 10.8. The number of methoxy groups -OCH3 is 1. The quantitative estimate of drug-likeness (QED) is 0.595. The number of nitrogens with zero attached hydrogens (tertiary/aromatic N) is 1. The van der Waals surface area contributed by atoms with E-state index in [4.69, 9.17) is 13.9 Å². The maximum absolute atomic E-state index is 12.7. The molecule has 0 bridgehead atoms. The first-order chi connectivity index (χ1) is 14.9. The van der Waals surface area contributed by atoms with Crippen molar-refractivity contribution in [2.24, 2.45) is 5.92 Å². The van der Waals surface area contributed by atoms with Crippen molar-refractivity contribution in [1.82, 2.24) is 4.98 Å². The van der Waals surface area contributed by atoms with Crippen molar-refractivity contribution in [3.05, 3.63) is 46.2 Å². The van der Waals surface area contributed by atoms with Gasteiger partial charge in [0, 0.05) is 4.88 Å². The fraction of sp³-hybridized carbons (Fsp3) is 0.364. The van der Waals surface area contributed by atoms with E-state index < -0.39 is 23.9 Å². The van der Waals surface area contributed by atoms with Crippen molar-refractivity contribution in [2.75, 3.05) is 12.4 Å². The Bertz CT molecular complexity index is 1160. The van der Waals surface area contributed by atoms with Crippen molar-refractivity contribution in [3.63, 3.8) is 0 Å². The number of carbonyl (C=O) groups is 3. The predicted octanol–water partition coefficient (Wildman–Crippen LogP) is 3.98. The Labute approximate surface area is 182 Å². The molecule has 1 aromatic carbocycles. The second kappa shape index (κ2) is 8.50. The molecule has 4 rings (SSSR count). The number of esters is 2.